The van der Waals surface area contributed by atoms with Crippen LogP contribution in [0.25, 0.3) is 0 Å². The van der Waals surface area contributed by atoms with Crippen LogP contribution in [0.1, 0.15) is 52.9 Å². The SMILES string of the molecule is CC1CCC2C13CCC(CO)(C(O)C3)C2(C)C. The molecule has 2 bridgehead atoms. The van der Waals surface area contributed by atoms with Gasteiger partial charge >= 0.3 is 0 Å². The highest BCUT2D eigenvalue weighted by Crippen LogP contribution is 2.73. The van der Waals surface area contributed by atoms with Crippen LogP contribution >= 0.6 is 0 Å². The van der Waals surface area contributed by atoms with E-state index in [1.807, 2.05) is 0 Å². The number of rotatable bonds is 1. The molecule has 0 amide bonds. The van der Waals surface area contributed by atoms with Crippen LogP contribution in [0, 0.1) is 28.1 Å². The van der Waals surface area contributed by atoms with Crippen LogP contribution in [-0.4, -0.2) is 22.9 Å². The third-order valence-corrected chi connectivity index (χ3v) is 7.25. The molecule has 4 rings (SSSR count). The van der Waals surface area contributed by atoms with Gasteiger partial charge in [-0.15, -0.1) is 0 Å². The van der Waals surface area contributed by atoms with E-state index < -0.39 is 0 Å². The van der Waals surface area contributed by atoms with Gasteiger partial charge in [0.15, 0.2) is 0 Å². The van der Waals surface area contributed by atoms with Crippen LogP contribution in [0.3, 0.4) is 0 Å². The smallest absolute Gasteiger partial charge is 0.0629 e. The molecule has 0 radical (unpaired) electrons. The molecular weight excluding hydrogens is 212 g/mol. The highest BCUT2D eigenvalue weighted by Gasteiger charge is 2.70. The zero-order valence-corrected chi connectivity index (χ0v) is 11.4. The Balaban J connectivity index is 2.11. The van der Waals surface area contributed by atoms with Gasteiger partial charge in [-0.25, -0.2) is 0 Å². The molecule has 0 saturated heterocycles. The summed E-state index contributed by atoms with van der Waals surface area (Å²) in [5.74, 6) is 1.45. The van der Waals surface area contributed by atoms with E-state index in [2.05, 4.69) is 20.8 Å². The summed E-state index contributed by atoms with van der Waals surface area (Å²) in [6.45, 7) is 7.12. The molecule has 0 aliphatic heterocycles. The molecule has 5 atom stereocenters. The fourth-order valence-corrected chi connectivity index (χ4v) is 5.95. The van der Waals surface area contributed by atoms with Gasteiger partial charge in [0.05, 0.1) is 12.7 Å². The molecule has 2 nitrogen and oxygen atoms in total. The zero-order chi connectivity index (χ0) is 12.5. The van der Waals surface area contributed by atoms with Crippen molar-refractivity contribution in [3.8, 4) is 0 Å². The van der Waals surface area contributed by atoms with E-state index in [9.17, 15) is 10.2 Å². The summed E-state index contributed by atoms with van der Waals surface area (Å²) < 4.78 is 0. The summed E-state index contributed by atoms with van der Waals surface area (Å²) in [6.07, 6.45) is 5.47. The molecule has 98 valence electrons. The first-order valence-electron chi connectivity index (χ1n) is 7.20. The largest absolute Gasteiger partial charge is 0.396 e. The standard InChI is InChI=1S/C15H26O2/c1-10-4-5-11-13(2,3)15(9-16)7-6-14(10,11)8-12(15)17/h10-12,16-17H,4-9H2,1-3H3. The Morgan fingerprint density at radius 2 is 1.88 bits per heavy atom. The lowest BCUT2D eigenvalue weighted by Crippen LogP contribution is -2.66. The summed E-state index contributed by atoms with van der Waals surface area (Å²) >= 11 is 0. The first-order valence-corrected chi connectivity index (χ1v) is 7.20. The molecule has 1 spiro atoms. The van der Waals surface area contributed by atoms with Crippen molar-refractivity contribution < 1.29 is 10.2 Å². The number of fused-ring (bicyclic) bond motifs is 2. The number of hydrogen-bond donors (Lipinski definition) is 2. The summed E-state index contributed by atoms with van der Waals surface area (Å²) in [6, 6.07) is 0. The first kappa shape index (κ1) is 12.0. The molecule has 5 unspecified atom stereocenters. The lowest BCUT2D eigenvalue weighted by atomic mass is 9.38. The van der Waals surface area contributed by atoms with Crippen LogP contribution in [-0.2, 0) is 0 Å². The summed E-state index contributed by atoms with van der Waals surface area (Å²) in [5, 5.41) is 20.5. The number of aliphatic hydroxyl groups is 2. The normalized spacial score (nSPS) is 55.9. The predicted octanol–water partition coefficient (Wildman–Crippen LogP) is 2.58. The molecule has 4 aliphatic carbocycles. The molecule has 4 saturated carbocycles. The third-order valence-electron chi connectivity index (χ3n) is 7.25. The van der Waals surface area contributed by atoms with Crippen LogP contribution in [0.4, 0.5) is 0 Å². The van der Waals surface area contributed by atoms with Crippen LogP contribution in [0.15, 0.2) is 0 Å². The fraction of sp³-hybridized carbons (Fsp3) is 1.00. The Labute approximate surface area is 104 Å². The second-order valence-electron chi connectivity index (χ2n) is 7.52. The van der Waals surface area contributed by atoms with E-state index in [0.717, 1.165) is 18.8 Å². The molecular formula is C15H26O2. The molecule has 2 heteroatoms. The quantitative estimate of drug-likeness (QED) is 0.737. The van der Waals surface area contributed by atoms with Crippen LogP contribution in [0.2, 0.25) is 0 Å². The maximum atomic E-state index is 10.6. The summed E-state index contributed by atoms with van der Waals surface area (Å²) in [7, 11) is 0. The molecule has 2 N–H and O–H groups in total. The number of aliphatic hydroxyl groups excluding tert-OH is 2. The van der Waals surface area contributed by atoms with E-state index in [0.29, 0.717) is 11.3 Å². The van der Waals surface area contributed by atoms with E-state index >= 15 is 0 Å². The Hall–Kier alpha value is -0.0800. The van der Waals surface area contributed by atoms with Gasteiger partial charge in [-0.3, -0.25) is 0 Å². The van der Waals surface area contributed by atoms with Crippen molar-refractivity contribution in [3.63, 3.8) is 0 Å². The van der Waals surface area contributed by atoms with Crippen LogP contribution < -0.4 is 0 Å². The van der Waals surface area contributed by atoms with Gasteiger partial charge in [0.2, 0.25) is 0 Å². The Morgan fingerprint density at radius 1 is 1.18 bits per heavy atom. The van der Waals surface area contributed by atoms with Gasteiger partial charge in [0, 0.05) is 5.41 Å². The highest BCUT2D eigenvalue weighted by atomic mass is 16.3. The first-order chi connectivity index (χ1) is 7.91. The minimum atomic E-state index is -0.298. The van der Waals surface area contributed by atoms with Crippen molar-refractivity contribution in [2.24, 2.45) is 28.1 Å². The summed E-state index contributed by atoms with van der Waals surface area (Å²) in [4.78, 5) is 0. The lowest BCUT2D eigenvalue weighted by molar-refractivity contribution is -0.244. The van der Waals surface area contributed by atoms with Gasteiger partial charge in [-0.1, -0.05) is 20.8 Å². The molecule has 4 fully saturated rings. The van der Waals surface area contributed by atoms with Crippen molar-refractivity contribution in [1.29, 1.82) is 0 Å². The lowest BCUT2D eigenvalue weighted by Gasteiger charge is -2.67. The topological polar surface area (TPSA) is 40.5 Å². The van der Waals surface area contributed by atoms with E-state index in [-0.39, 0.29) is 23.5 Å². The average Bonchev–Trinajstić information content (AvgIpc) is 2.58. The molecule has 0 aromatic heterocycles. The van der Waals surface area contributed by atoms with Gasteiger partial charge < -0.3 is 10.2 Å². The third kappa shape index (κ3) is 1.10. The maximum absolute atomic E-state index is 10.6. The molecule has 0 heterocycles. The van der Waals surface area contributed by atoms with Crippen LogP contribution in [0.5, 0.6) is 0 Å². The van der Waals surface area contributed by atoms with E-state index in [4.69, 9.17) is 0 Å². The molecule has 0 aromatic rings. The van der Waals surface area contributed by atoms with Crippen molar-refractivity contribution in [2.45, 2.75) is 59.0 Å². The minimum Gasteiger partial charge on any atom is -0.396 e. The Bertz CT molecular complexity index is 338. The predicted molar refractivity (Wildman–Crippen MR) is 67.5 cm³/mol. The van der Waals surface area contributed by atoms with Gasteiger partial charge in [0.1, 0.15) is 0 Å². The molecule has 17 heavy (non-hydrogen) atoms. The van der Waals surface area contributed by atoms with Crippen molar-refractivity contribution >= 4 is 0 Å². The number of hydrogen-bond acceptors (Lipinski definition) is 2. The van der Waals surface area contributed by atoms with Crippen molar-refractivity contribution in [2.75, 3.05) is 6.61 Å². The zero-order valence-electron chi connectivity index (χ0n) is 11.4. The summed E-state index contributed by atoms with van der Waals surface area (Å²) in [5.41, 5.74) is 0.228. The minimum absolute atomic E-state index is 0.0857. The van der Waals surface area contributed by atoms with Gasteiger partial charge in [-0.05, 0) is 54.8 Å². The highest BCUT2D eigenvalue weighted by molar-refractivity contribution is 5.18. The fourth-order valence-electron chi connectivity index (χ4n) is 5.95. The van der Waals surface area contributed by atoms with Gasteiger partial charge in [0.25, 0.3) is 0 Å². The Kier molecular flexibility index (Phi) is 2.30. The molecule has 4 aliphatic rings. The average molecular weight is 238 g/mol. The molecule has 0 aromatic carbocycles. The van der Waals surface area contributed by atoms with Crippen molar-refractivity contribution in [1.82, 2.24) is 0 Å². The van der Waals surface area contributed by atoms with E-state index in [1.165, 1.54) is 19.3 Å². The second kappa shape index (κ2) is 3.27. The monoisotopic (exact) mass is 238 g/mol. The van der Waals surface area contributed by atoms with Crippen molar-refractivity contribution in [3.05, 3.63) is 0 Å². The second-order valence-corrected chi connectivity index (χ2v) is 7.52. The van der Waals surface area contributed by atoms with Gasteiger partial charge in [-0.2, -0.15) is 0 Å². The Morgan fingerprint density at radius 3 is 2.47 bits per heavy atom. The maximum Gasteiger partial charge on any atom is 0.0629 e. The van der Waals surface area contributed by atoms with E-state index in [1.54, 1.807) is 0 Å².